The third-order valence-electron chi connectivity index (χ3n) is 2.69. The van der Waals surface area contributed by atoms with E-state index in [0.29, 0.717) is 29.3 Å². The van der Waals surface area contributed by atoms with Crippen LogP contribution in [0.3, 0.4) is 0 Å². The van der Waals surface area contributed by atoms with Crippen molar-refractivity contribution in [1.29, 1.82) is 0 Å². The highest BCUT2D eigenvalue weighted by atomic mass is 35.5. The number of nitrogens with one attached hydrogen (secondary N) is 2. The van der Waals surface area contributed by atoms with Crippen molar-refractivity contribution in [2.75, 3.05) is 30.4 Å². The molecule has 0 bridgehead atoms. The van der Waals surface area contributed by atoms with Crippen LogP contribution < -0.4 is 10.6 Å². The van der Waals surface area contributed by atoms with Gasteiger partial charge in [0, 0.05) is 46.6 Å². The lowest BCUT2D eigenvalue weighted by atomic mass is 10.1. The number of hydrogen-bond acceptors (Lipinski definition) is 3. The molecule has 0 radical (unpaired) electrons. The largest absolute Gasteiger partial charge is 0.384 e. The number of carbonyl (C=O) groups excluding carboxylic acids is 1. The van der Waals surface area contributed by atoms with Gasteiger partial charge in [-0.05, 0) is 31.0 Å². The quantitative estimate of drug-likeness (QED) is 0.725. The molecule has 1 unspecified atom stereocenters. The van der Waals surface area contributed by atoms with Gasteiger partial charge in [0.1, 0.15) is 0 Å². The molecule has 1 atom stereocenters. The molecule has 112 valence electrons. The maximum atomic E-state index is 12.1. The lowest BCUT2D eigenvalue weighted by Crippen LogP contribution is -2.26. The van der Waals surface area contributed by atoms with Crippen molar-refractivity contribution in [3.63, 3.8) is 0 Å². The van der Waals surface area contributed by atoms with E-state index in [1.165, 1.54) is 0 Å². The first-order chi connectivity index (χ1) is 9.54. The predicted octanol–water partition coefficient (Wildman–Crippen LogP) is 2.66. The van der Waals surface area contributed by atoms with Gasteiger partial charge >= 0.3 is 0 Å². The molecule has 1 aromatic carbocycles. The summed E-state index contributed by atoms with van der Waals surface area (Å²) >= 11 is 5.95. The van der Waals surface area contributed by atoms with Crippen molar-refractivity contribution in [1.82, 2.24) is 5.32 Å². The summed E-state index contributed by atoms with van der Waals surface area (Å²) in [5.74, 6) is 0.435. The molecule has 0 spiro atoms. The lowest BCUT2D eigenvalue weighted by molar-refractivity contribution is 0.0954. The second-order valence-corrected chi connectivity index (χ2v) is 6.49. The normalized spacial score (nSPS) is 11.9. The van der Waals surface area contributed by atoms with Gasteiger partial charge < -0.3 is 10.6 Å². The molecule has 0 aliphatic heterocycles. The number of hydrogen-bond donors (Lipinski definition) is 2. The summed E-state index contributed by atoms with van der Waals surface area (Å²) in [6.07, 6.45) is 3.34. The first-order valence-electron chi connectivity index (χ1n) is 6.66. The van der Waals surface area contributed by atoms with Crippen LogP contribution in [0.25, 0.3) is 0 Å². The van der Waals surface area contributed by atoms with E-state index in [0.717, 1.165) is 18.7 Å². The topological polar surface area (TPSA) is 58.2 Å². The van der Waals surface area contributed by atoms with Crippen molar-refractivity contribution < 1.29 is 9.00 Å². The summed E-state index contributed by atoms with van der Waals surface area (Å²) < 4.78 is 10.9. The second-order valence-electron chi connectivity index (χ2n) is 4.50. The fourth-order valence-electron chi connectivity index (χ4n) is 1.69. The Morgan fingerprint density at radius 2 is 2.10 bits per heavy atom. The SMILES string of the molecule is CCCNc1ccc(Cl)cc1C(=O)NCCCS(C)=O. The molecule has 0 aliphatic rings. The van der Waals surface area contributed by atoms with Gasteiger partial charge in [-0.1, -0.05) is 18.5 Å². The van der Waals surface area contributed by atoms with Gasteiger partial charge in [0.25, 0.3) is 5.91 Å². The summed E-state index contributed by atoms with van der Waals surface area (Å²) in [6.45, 7) is 3.38. The fourth-order valence-corrected chi connectivity index (χ4v) is 2.41. The zero-order chi connectivity index (χ0) is 15.0. The van der Waals surface area contributed by atoms with E-state index in [1.807, 2.05) is 6.07 Å². The van der Waals surface area contributed by atoms with Crippen LogP contribution in [0.5, 0.6) is 0 Å². The minimum atomic E-state index is -0.822. The van der Waals surface area contributed by atoms with Crippen molar-refractivity contribution in [3.05, 3.63) is 28.8 Å². The Hall–Kier alpha value is -1.07. The van der Waals surface area contributed by atoms with E-state index in [1.54, 1.807) is 18.4 Å². The smallest absolute Gasteiger partial charge is 0.253 e. The maximum absolute atomic E-state index is 12.1. The number of benzene rings is 1. The zero-order valence-electron chi connectivity index (χ0n) is 11.9. The highest BCUT2D eigenvalue weighted by Crippen LogP contribution is 2.20. The van der Waals surface area contributed by atoms with Gasteiger partial charge in [0.05, 0.1) is 5.56 Å². The van der Waals surface area contributed by atoms with Crippen molar-refractivity contribution in [2.24, 2.45) is 0 Å². The van der Waals surface area contributed by atoms with E-state index in [4.69, 9.17) is 11.6 Å². The van der Waals surface area contributed by atoms with Crippen LogP contribution in [0.15, 0.2) is 18.2 Å². The average molecular weight is 317 g/mol. The van der Waals surface area contributed by atoms with Crippen molar-refractivity contribution >= 4 is 34.0 Å². The molecule has 1 amide bonds. The number of carbonyl (C=O) groups is 1. The summed E-state index contributed by atoms with van der Waals surface area (Å²) in [4.78, 5) is 12.1. The zero-order valence-corrected chi connectivity index (χ0v) is 13.4. The van der Waals surface area contributed by atoms with E-state index in [9.17, 15) is 9.00 Å². The average Bonchev–Trinajstić information content (AvgIpc) is 2.41. The molecule has 6 heteroatoms. The van der Waals surface area contributed by atoms with Gasteiger partial charge in [-0.25, -0.2) is 0 Å². The Morgan fingerprint density at radius 1 is 1.35 bits per heavy atom. The Bertz CT molecular complexity index is 480. The Kier molecular flexibility index (Phi) is 7.62. The van der Waals surface area contributed by atoms with Crippen LogP contribution in [0.4, 0.5) is 5.69 Å². The Balaban J connectivity index is 2.65. The first kappa shape index (κ1) is 17.0. The summed E-state index contributed by atoms with van der Waals surface area (Å²) in [6, 6.07) is 5.23. The minimum absolute atomic E-state index is 0.159. The molecular weight excluding hydrogens is 296 g/mol. The molecule has 4 nitrogen and oxygen atoms in total. The fraction of sp³-hybridized carbons (Fsp3) is 0.500. The molecule has 20 heavy (non-hydrogen) atoms. The number of rotatable bonds is 8. The van der Waals surface area contributed by atoms with Crippen molar-refractivity contribution in [2.45, 2.75) is 19.8 Å². The standard InChI is InChI=1S/C14H21ClN2O2S/c1-3-7-16-13-6-5-11(15)10-12(13)14(18)17-8-4-9-20(2)19/h5-6,10,16H,3-4,7-9H2,1-2H3,(H,17,18). The highest BCUT2D eigenvalue weighted by Gasteiger charge is 2.11. The molecule has 0 aromatic heterocycles. The third kappa shape index (κ3) is 5.92. The van der Waals surface area contributed by atoms with Gasteiger partial charge in [0.2, 0.25) is 0 Å². The summed E-state index contributed by atoms with van der Waals surface area (Å²) in [7, 11) is -0.822. The van der Waals surface area contributed by atoms with Crippen molar-refractivity contribution in [3.8, 4) is 0 Å². The number of halogens is 1. The Morgan fingerprint density at radius 3 is 2.75 bits per heavy atom. The van der Waals surface area contributed by atoms with Gasteiger partial charge in [-0.15, -0.1) is 0 Å². The second kappa shape index (κ2) is 8.97. The summed E-state index contributed by atoms with van der Waals surface area (Å²) in [5, 5.41) is 6.57. The van der Waals surface area contributed by atoms with Crippen LogP contribution in [-0.2, 0) is 10.8 Å². The van der Waals surface area contributed by atoms with Gasteiger partial charge in [-0.2, -0.15) is 0 Å². The van der Waals surface area contributed by atoms with E-state index in [2.05, 4.69) is 17.6 Å². The monoisotopic (exact) mass is 316 g/mol. The molecular formula is C14H21ClN2O2S. The van der Waals surface area contributed by atoms with Gasteiger partial charge in [0.15, 0.2) is 0 Å². The molecule has 0 aliphatic carbocycles. The first-order valence-corrected chi connectivity index (χ1v) is 8.76. The highest BCUT2D eigenvalue weighted by molar-refractivity contribution is 7.84. The lowest BCUT2D eigenvalue weighted by Gasteiger charge is -2.12. The van der Waals surface area contributed by atoms with Crippen LogP contribution in [0.2, 0.25) is 5.02 Å². The molecule has 0 heterocycles. The number of amides is 1. The van der Waals surface area contributed by atoms with E-state index >= 15 is 0 Å². The minimum Gasteiger partial charge on any atom is -0.384 e. The van der Waals surface area contributed by atoms with E-state index in [-0.39, 0.29) is 5.91 Å². The predicted molar refractivity (Wildman–Crippen MR) is 86.1 cm³/mol. The molecule has 1 rings (SSSR count). The van der Waals surface area contributed by atoms with Crippen LogP contribution in [0.1, 0.15) is 30.1 Å². The Labute approximate surface area is 127 Å². The van der Waals surface area contributed by atoms with Gasteiger partial charge in [-0.3, -0.25) is 9.00 Å². The molecule has 0 saturated heterocycles. The molecule has 1 aromatic rings. The molecule has 0 saturated carbocycles. The number of anilines is 1. The van der Waals surface area contributed by atoms with Crippen LogP contribution in [-0.4, -0.2) is 35.2 Å². The third-order valence-corrected chi connectivity index (χ3v) is 3.78. The molecule has 2 N–H and O–H groups in total. The summed E-state index contributed by atoms with van der Waals surface area (Å²) in [5.41, 5.74) is 1.33. The van der Waals surface area contributed by atoms with Crippen LogP contribution >= 0.6 is 11.6 Å². The van der Waals surface area contributed by atoms with Crippen LogP contribution in [0, 0.1) is 0 Å². The van der Waals surface area contributed by atoms with E-state index < -0.39 is 10.8 Å². The molecule has 0 fully saturated rings. The maximum Gasteiger partial charge on any atom is 0.253 e.